The van der Waals surface area contributed by atoms with Crippen LogP contribution in [0.25, 0.3) is 0 Å². The van der Waals surface area contributed by atoms with E-state index >= 15 is 0 Å². The van der Waals surface area contributed by atoms with Gasteiger partial charge in [0.2, 0.25) is 0 Å². The molecule has 0 aliphatic carbocycles. The zero-order valence-electron chi connectivity index (χ0n) is 20.7. The maximum Gasteiger partial charge on any atom is 0.159 e. The van der Waals surface area contributed by atoms with Crippen LogP contribution in [0, 0.1) is 0 Å². The summed E-state index contributed by atoms with van der Waals surface area (Å²) in [5.74, 6) is 0. The summed E-state index contributed by atoms with van der Waals surface area (Å²) in [5.41, 5.74) is 0. The van der Waals surface area contributed by atoms with Crippen molar-refractivity contribution in [2.75, 3.05) is 65.4 Å². The molecule has 8 nitrogen and oxygen atoms in total. The highest BCUT2D eigenvalue weighted by Gasteiger charge is 2.25. The summed E-state index contributed by atoms with van der Waals surface area (Å²) in [6.45, 7) is 18.2. The molecule has 0 unspecified atom stereocenters. The number of nitrogens with zero attached hydrogens (tertiary/aromatic N) is 6. The SMILES string of the molecule is C[C@H]1CN=C(NCCN(CCN(CCNC2=NC[C@H](C)S2)C2=NC[C@H](C)S2)C2=NC[C@H](C)S2)S1. The molecule has 190 valence electrons. The second-order valence-corrected chi connectivity index (χ2v) is 14.7. The van der Waals surface area contributed by atoms with Gasteiger partial charge in [0, 0.05) is 60.3 Å². The summed E-state index contributed by atoms with van der Waals surface area (Å²) in [6.07, 6.45) is 0. The van der Waals surface area contributed by atoms with Crippen LogP contribution in [0.2, 0.25) is 0 Å². The van der Waals surface area contributed by atoms with Gasteiger partial charge in [0.15, 0.2) is 20.7 Å². The lowest BCUT2D eigenvalue weighted by Crippen LogP contribution is -2.44. The van der Waals surface area contributed by atoms with Crippen molar-refractivity contribution in [3.8, 4) is 0 Å². The molecule has 0 saturated heterocycles. The molecule has 0 radical (unpaired) electrons. The Morgan fingerprint density at radius 3 is 1.29 bits per heavy atom. The average molecular weight is 543 g/mol. The van der Waals surface area contributed by atoms with Crippen LogP contribution in [0.5, 0.6) is 0 Å². The van der Waals surface area contributed by atoms with Gasteiger partial charge in [-0.25, -0.2) is 0 Å². The molecule has 0 bridgehead atoms. The Balaban J connectivity index is 1.31. The monoisotopic (exact) mass is 542 g/mol. The summed E-state index contributed by atoms with van der Waals surface area (Å²) in [4.78, 5) is 23.8. The highest BCUT2D eigenvalue weighted by molar-refractivity contribution is 8.15. The fourth-order valence-corrected chi connectivity index (χ4v) is 7.57. The van der Waals surface area contributed by atoms with E-state index in [1.54, 1.807) is 0 Å². The van der Waals surface area contributed by atoms with E-state index in [2.05, 4.69) is 58.1 Å². The molecule has 0 aromatic carbocycles. The van der Waals surface area contributed by atoms with Crippen molar-refractivity contribution in [1.29, 1.82) is 0 Å². The standard InChI is InChI=1S/C22H38N8S4/c1-15-11-25-19(31-15)23-5-7-29(21-27-13-17(3)33-21)9-10-30(22-28-14-18(4)34-22)8-6-24-20-26-12-16(2)32-20/h15-18H,5-14H2,1-4H3,(H,23,25)(H,24,26)/t15-,16-,17-,18-/m0/s1. The van der Waals surface area contributed by atoms with Crippen LogP contribution in [0.3, 0.4) is 0 Å². The topological polar surface area (TPSA) is 80.0 Å². The van der Waals surface area contributed by atoms with Gasteiger partial charge in [-0.15, -0.1) is 0 Å². The quantitative estimate of drug-likeness (QED) is 0.461. The van der Waals surface area contributed by atoms with E-state index < -0.39 is 0 Å². The summed E-state index contributed by atoms with van der Waals surface area (Å²) in [7, 11) is 0. The Morgan fingerprint density at radius 1 is 0.588 bits per heavy atom. The van der Waals surface area contributed by atoms with Crippen molar-refractivity contribution in [3.05, 3.63) is 0 Å². The Labute approximate surface area is 221 Å². The number of nitrogens with one attached hydrogen (secondary N) is 2. The highest BCUT2D eigenvalue weighted by atomic mass is 32.2. The number of hydrogen-bond donors (Lipinski definition) is 2. The van der Waals surface area contributed by atoms with Crippen LogP contribution in [0.4, 0.5) is 0 Å². The molecular weight excluding hydrogens is 505 g/mol. The third-order valence-corrected chi connectivity index (χ3v) is 10.1. The predicted molar refractivity (Wildman–Crippen MR) is 157 cm³/mol. The number of rotatable bonds is 9. The fourth-order valence-electron chi connectivity index (χ4n) is 3.86. The van der Waals surface area contributed by atoms with Crippen molar-refractivity contribution < 1.29 is 0 Å². The molecule has 4 aliphatic rings. The molecule has 34 heavy (non-hydrogen) atoms. The first-order chi connectivity index (χ1) is 16.5. The van der Waals surface area contributed by atoms with E-state index in [4.69, 9.17) is 9.98 Å². The second-order valence-electron chi connectivity index (χ2n) is 9.08. The lowest BCUT2D eigenvalue weighted by atomic mass is 10.4. The lowest BCUT2D eigenvalue weighted by Gasteiger charge is -2.30. The van der Waals surface area contributed by atoms with E-state index in [9.17, 15) is 0 Å². The molecular formula is C22H38N8S4. The molecule has 2 N–H and O–H groups in total. The van der Waals surface area contributed by atoms with Crippen LogP contribution >= 0.6 is 47.0 Å². The fraction of sp³-hybridized carbons (Fsp3) is 0.818. The summed E-state index contributed by atoms with van der Waals surface area (Å²) in [6, 6.07) is 0. The molecule has 0 saturated carbocycles. The van der Waals surface area contributed by atoms with Crippen molar-refractivity contribution in [2.45, 2.75) is 48.7 Å². The zero-order valence-corrected chi connectivity index (χ0v) is 24.0. The van der Waals surface area contributed by atoms with Crippen molar-refractivity contribution in [3.63, 3.8) is 0 Å². The van der Waals surface area contributed by atoms with Gasteiger partial charge in [0.1, 0.15) is 0 Å². The molecule has 4 atom stereocenters. The number of thioether (sulfide) groups is 4. The molecule has 0 spiro atoms. The molecule has 12 heteroatoms. The zero-order chi connectivity index (χ0) is 23.9. The Bertz CT molecular complexity index is 751. The number of hydrogen-bond acceptors (Lipinski definition) is 12. The van der Waals surface area contributed by atoms with Crippen LogP contribution in [-0.2, 0) is 0 Å². The summed E-state index contributed by atoms with van der Waals surface area (Å²) in [5, 5.41) is 13.9. The largest absolute Gasteiger partial charge is 0.363 e. The smallest absolute Gasteiger partial charge is 0.159 e. The van der Waals surface area contributed by atoms with Gasteiger partial charge in [0.05, 0.1) is 26.2 Å². The predicted octanol–water partition coefficient (Wildman–Crippen LogP) is 2.73. The Kier molecular flexibility index (Phi) is 10.1. The summed E-state index contributed by atoms with van der Waals surface area (Å²) >= 11 is 7.50. The maximum absolute atomic E-state index is 4.85. The molecule has 0 fully saturated rings. The van der Waals surface area contributed by atoms with Crippen LogP contribution in [0.1, 0.15) is 27.7 Å². The molecule has 0 aromatic heterocycles. The van der Waals surface area contributed by atoms with Crippen molar-refractivity contribution >= 4 is 67.7 Å². The first-order valence-corrected chi connectivity index (χ1v) is 15.8. The van der Waals surface area contributed by atoms with Gasteiger partial charge in [-0.05, 0) is 0 Å². The minimum Gasteiger partial charge on any atom is -0.363 e. The van der Waals surface area contributed by atoms with Crippen LogP contribution in [0.15, 0.2) is 20.0 Å². The lowest BCUT2D eigenvalue weighted by molar-refractivity contribution is 0.349. The molecule has 4 aliphatic heterocycles. The molecule has 0 amide bonds. The maximum atomic E-state index is 4.85. The van der Waals surface area contributed by atoms with E-state index in [-0.39, 0.29) is 0 Å². The van der Waals surface area contributed by atoms with Crippen LogP contribution in [-0.4, -0.2) is 117 Å². The third kappa shape index (κ3) is 7.89. The third-order valence-electron chi connectivity index (χ3n) is 5.69. The van der Waals surface area contributed by atoms with Gasteiger partial charge in [0.25, 0.3) is 0 Å². The van der Waals surface area contributed by atoms with Gasteiger partial charge < -0.3 is 20.4 Å². The van der Waals surface area contributed by atoms with Crippen LogP contribution < -0.4 is 10.6 Å². The number of aliphatic imine (C=N–C) groups is 4. The van der Waals surface area contributed by atoms with Crippen molar-refractivity contribution in [2.24, 2.45) is 20.0 Å². The molecule has 0 aromatic rings. The van der Waals surface area contributed by atoms with Gasteiger partial charge in [-0.2, -0.15) is 0 Å². The van der Waals surface area contributed by atoms with E-state index in [1.807, 2.05) is 47.0 Å². The van der Waals surface area contributed by atoms with E-state index in [1.165, 1.54) is 10.3 Å². The Hall–Kier alpha value is -0.720. The molecule has 4 heterocycles. The van der Waals surface area contributed by atoms with E-state index in [0.29, 0.717) is 21.0 Å². The van der Waals surface area contributed by atoms with Gasteiger partial charge in [-0.1, -0.05) is 74.7 Å². The summed E-state index contributed by atoms with van der Waals surface area (Å²) < 4.78 is 0. The Morgan fingerprint density at radius 2 is 0.971 bits per heavy atom. The van der Waals surface area contributed by atoms with Crippen molar-refractivity contribution in [1.82, 2.24) is 20.4 Å². The van der Waals surface area contributed by atoms with Gasteiger partial charge >= 0.3 is 0 Å². The first kappa shape index (κ1) is 26.3. The van der Waals surface area contributed by atoms with E-state index in [0.717, 1.165) is 75.8 Å². The first-order valence-electron chi connectivity index (χ1n) is 12.3. The highest BCUT2D eigenvalue weighted by Crippen LogP contribution is 2.25. The van der Waals surface area contributed by atoms with Gasteiger partial charge in [-0.3, -0.25) is 20.0 Å². The minimum atomic E-state index is 0.559. The molecule has 4 rings (SSSR count). The average Bonchev–Trinajstić information content (AvgIpc) is 3.59. The second kappa shape index (κ2) is 13.0. The normalized spacial score (nSPS) is 28.5. The number of amidine groups is 4. The minimum absolute atomic E-state index is 0.559.